The fourth-order valence-electron chi connectivity index (χ4n) is 2.53. The predicted octanol–water partition coefficient (Wildman–Crippen LogP) is 2.96. The maximum Gasteiger partial charge on any atom is 0.235 e. The number of carbonyl (C=O) groups is 1. The first-order valence-corrected chi connectivity index (χ1v) is 9.97. The normalized spacial score (nSPS) is 18.6. The molecular formula is C15H24N2O2S2. The zero-order chi connectivity index (χ0) is 15.2. The van der Waals surface area contributed by atoms with Crippen LogP contribution in [0.5, 0.6) is 0 Å². The summed E-state index contributed by atoms with van der Waals surface area (Å²) in [5.41, 5.74) is 0.871. The number of nitrogens with one attached hydrogen (secondary N) is 1. The first kappa shape index (κ1) is 16.6. The monoisotopic (exact) mass is 328 g/mol. The van der Waals surface area contributed by atoms with E-state index in [9.17, 15) is 9.00 Å². The summed E-state index contributed by atoms with van der Waals surface area (Å²) in [6.07, 6.45) is 5.93. The van der Waals surface area contributed by atoms with Crippen molar-refractivity contribution in [1.82, 2.24) is 10.3 Å². The lowest BCUT2D eigenvalue weighted by Gasteiger charge is -2.10. The second-order valence-corrected chi connectivity index (χ2v) is 8.26. The summed E-state index contributed by atoms with van der Waals surface area (Å²) < 4.78 is 12.3. The van der Waals surface area contributed by atoms with Crippen LogP contribution in [0.1, 0.15) is 62.6 Å². The van der Waals surface area contributed by atoms with Crippen LogP contribution in [0.3, 0.4) is 0 Å². The van der Waals surface area contributed by atoms with Crippen LogP contribution in [0.25, 0.3) is 0 Å². The summed E-state index contributed by atoms with van der Waals surface area (Å²) in [7, 11) is -1.21. The third kappa shape index (κ3) is 4.61. The van der Waals surface area contributed by atoms with Gasteiger partial charge in [-0.1, -0.05) is 19.8 Å². The molecule has 1 saturated carbocycles. The maximum atomic E-state index is 12.3. The summed E-state index contributed by atoms with van der Waals surface area (Å²) in [4.78, 5) is 16.5. The van der Waals surface area contributed by atoms with Crippen LogP contribution in [0.4, 0.5) is 0 Å². The van der Waals surface area contributed by atoms with Gasteiger partial charge in [0.25, 0.3) is 0 Å². The van der Waals surface area contributed by atoms with Crippen molar-refractivity contribution in [2.45, 2.75) is 62.9 Å². The van der Waals surface area contributed by atoms with Crippen LogP contribution in [0, 0.1) is 0 Å². The number of hydrogen-bond acceptors (Lipinski definition) is 4. The average molecular weight is 329 g/mol. The lowest BCUT2D eigenvalue weighted by atomic mass is 10.1. The molecule has 1 aliphatic carbocycles. The Morgan fingerprint density at radius 1 is 1.52 bits per heavy atom. The summed E-state index contributed by atoms with van der Waals surface area (Å²) in [6, 6.07) is 0. The van der Waals surface area contributed by atoms with Gasteiger partial charge >= 0.3 is 0 Å². The van der Waals surface area contributed by atoms with E-state index in [-0.39, 0.29) is 5.91 Å². The van der Waals surface area contributed by atoms with Crippen molar-refractivity contribution in [2.75, 3.05) is 6.54 Å². The van der Waals surface area contributed by atoms with E-state index in [0.29, 0.717) is 18.2 Å². The minimum absolute atomic E-state index is 0.124. The Labute approximate surface area is 133 Å². The highest BCUT2D eigenvalue weighted by Gasteiger charge is 2.23. The van der Waals surface area contributed by atoms with Gasteiger partial charge in [-0.3, -0.25) is 9.00 Å². The van der Waals surface area contributed by atoms with Gasteiger partial charge in [-0.15, -0.1) is 11.3 Å². The molecule has 21 heavy (non-hydrogen) atoms. The molecule has 0 unspecified atom stereocenters. The van der Waals surface area contributed by atoms with Crippen molar-refractivity contribution in [3.63, 3.8) is 0 Å². The van der Waals surface area contributed by atoms with Crippen molar-refractivity contribution in [1.29, 1.82) is 0 Å². The van der Waals surface area contributed by atoms with Gasteiger partial charge in [0.2, 0.25) is 5.91 Å². The van der Waals surface area contributed by atoms with Crippen molar-refractivity contribution in [3.05, 3.63) is 16.1 Å². The molecule has 0 aliphatic heterocycles. The van der Waals surface area contributed by atoms with Gasteiger partial charge in [0.05, 0.1) is 16.5 Å². The molecule has 1 amide bonds. The molecule has 4 nitrogen and oxygen atoms in total. The molecule has 1 aliphatic rings. The molecule has 1 fully saturated rings. The standard InChI is InChI=1S/C15H24N2O2S2/c1-3-8-16-14(18)11(2)21(19)10-13-9-20-15(17-13)12-6-4-5-7-12/h9,11-12H,3-8,10H2,1-2H3,(H,16,18)/t11-,21+/m0/s1. The molecule has 0 aromatic carbocycles. The van der Waals surface area contributed by atoms with Crippen molar-refractivity contribution in [3.8, 4) is 0 Å². The Morgan fingerprint density at radius 2 is 2.24 bits per heavy atom. The lowest BCUT2D eigenvalue weighted by Crippen LogP contribution is -2.36. The molecule has 1 N–H and O–H groups in total. The molecule has 1 aromatic heterocycles. The van der Waals surface area contributed by atoms with E-state index in [1.165, 1.54) is 30.7 Å². The maximum absolute atomic E-state index is 12.3. The first-order valence-electron chi connectivity index (χ1n) is 7.71. The van der Waals surface area contributed by atoms with Gasteiger partial charge in [-0.2, -0.15) is 0 Å². The van der Waals surface area contributed by atoms with Crippen molar-refractivity contribution >= 4 is 28.0 Å². The van der Waals surface area contributed by atoms with Gasteiger partial charge in [-0.25, -0.2) is 4.98 Å². The van der Waals surface area contributed by atoms with Crippen LogP contribution >= 0.6 is 11.3 Å². The molecule has 0 saturated heterocycles. The Hall–Kier alpha value is -0.750. The fraction of sp³-hybridized carbons (Fsp3) is 0.733. The average Bonchev–Trinajstić information content (AvgIpc) is 3.14. The number of nitrogens with zero attached hydrogens (tertiary/aromatic N) is 1. The minimum Gasteiger partial charge on any atom is -0.355 e. The topological polar surface area (TPSA) is 59.1 Å². The van der Waals surface area contributed by atoms with Crippen LogP contribution in [0.2, 0.25) is 0 Å². The second-order valence-electron chi connectivity index (χ2n) is 5.62. The van der Waals surface area contributed by atoms with Crippen LogP contribution in [-0.2, 0) is 21.3 Å². The Morgan fingerprint density at radius 3 is 2.90 bits per heavy atom. The van der Waals surface area contributed by atoms with Gasteiger partial charge in [0, 0.05) is 28.6 Å². The third-order valence-corrected chi connectivity index (χ3v) is 6.52. The van der Waals surface area contributed by atoms with Crippen LogP contribution in [-0.4, -0.2) is 26.9 Å². The number of aromatic nitrogens is 1. The van der Waals surface area contributed by atoms with Gasteiger partial charge in [-0.05, 0) is 26.2 Å². The number of thiazole rings is 1. The van der Waals surface area contributed by atoms with Crippen LogP contribution < -0.4 is 5.32 Å². The fourth-order valence-corrected chi connectivity index (χ4v) is 4.64. The van der Waals surface area contributed by atoms with Crippen molar-refractivity contribution < 1.29 is 9.00 Å². The largest absolute Gasteiger partial charge is 0.355 e. The van der Waals surface area contributed by atoms with E-state index >= 15 is 0 Å². The molecule has 1 aromatic rings. The first-order chi connectivity index (χ1) is 10.1. The highest BCUT2D eigenvalue weighted by atomic mass is 32.2. The SMILES string of the molecule is CCCNC(=O)[C@H](C)[S@](=O)Cc1csc(C2CCCC2)n1. The molecule has 118 valence electrons. The van der Waals surface area contributed by atoms with E-state index in [1.54, 1.807) is 18.3 Å². The molecule has 0 bridgehead atoms. The second kappa shape index (κ2) is 8.03. The molecule has 2 atom stereocenters. The van der Waals surface area contributed by atoms with Gasteiger partial charge < -0.3 is 5.32 Å². The minimum atomic E-state index is -1.21. The number of rotatable bonds is 7. The molecule has 6 heteroatoms. The summed E-state index contributed by atoms with van der Waals surface area (Å²) >= 11 is 1.68. The van der Waals surface area contributed by atoms with E-state index < -0.39 is 16.0 Å². The smallest absolute Gasteiger partial charge is 0.235 e. The Kier molecular flexibility index (Phi) is 6.36. The highest BCUT2D eigenvalue weighted by molar-refractivity contribution is 7.85. The van der Waals surface area contributed by atoms with E-state index in [0.717, 1.165) is 12.1 Å². The third-order valence-electron chi connectivity index (χ3n) is 3.88. The molecule has 0 radical (unpaired) electrons. The molecular weight excluding hydrogens is 304 g/mol. The Bertz CT molecular complexity index is 496. The zero-order valence-corrected chi connectivity index (χ0v) is 14.4. The highest BCUT2D eigenvalue weighted by Crippen LogP contribution is 2.35. The van der Waals surface area contributed by atoms with Gasteiger partial charge in [0.15, 0.2) is 0 Å². The molecule has 2 rings (SSSR count). The van der Waals surface area contributed by atoms with Crippen LogP contribution in [0.15, 0.2) is 5.38 Å². The van der Waals surface area contributed by atoms with Crippen molar-refractivity contribution in [2.24, 2.45) is 0 Å². The summed E-state index contributed by atoms with van der Waals surface area (Å²) in [6.45, 7) is 4.37. The lowest BCUT2D eigenvalue weighted by molar-refractivity contribution is -0.120. The van der Waals surface area contributed by atoms with E-state index in [4.69, 9.17) is 0 Å². The number of amides is 1. The van der Waals surface area contributed by atoms with E-state index in [2.05, 4.69) is 10.3 Å². The summed E-state index contributed by atoms with van der Waals surface area (Å²) in [5, 5.41) is 5.51. The zero-order valence-electron chi connectivity index (χ0n) is 12.8. The number of hydrogen-bond donors (Lipinski definition) is 1. The van der Waals surface area contributed by atoms with E-state index in [1.807, 2.05) is 12.3 Å². The molecule has 0 spiro atoms. The quantitative estimate of drug-likeness (QED) is 0.837. The van der Waals surface area contributed by atoms with Gasteiger partial charge in [0.1, 0.15) is 5.25 Å². The number of carbonyl (C=O) groups excluding carboxylic acids is 1. The summed E-state index contributed by atoms with van der Waals surface area (Å²) in [5.74, 6) is 0.855. The predicted molar refractivity (Wildman–Crippen MR) is 87.9 cm³/mol. The Balaban J connectivity index is 1.88. The molecule has 1 heterocycles.